The lowest BCUT2D eigenvalue weighted by Gasteiger charge is -2.24. The maximum atomic E-state index is 12.9. The van der Waals surface area contributed by atoms with E-state index >= 15 is 0 Å². The van der Waals surface area contributed by atoms with Crippen LogP contribution in [-0.4, -0.2) is 27.9 Å². The number of para-hydroxylation sites is 2. The number of carbonyl (C=O) groups is 1. The van der Waals surface area contributed by atoms with Crippen LogP contribution < -0.4 is 9.21 Å². The van der Waals surface area contributed by atoms with E-state index in [1.807, 2.05) is 0 Å². The smallest absolute Gasteiger partial charge is 0.264 e. The number of fused-ring (bicyclic) bond motifs is 1. The number of nitrogens with zero attached hydrogens (tertiary/aromatic N) is 2. The summed E-state index contributed by atoms with van der Waals surface area (Å²) in [5, 5.41) is 0. The molecule has 0 fully saturated rings. The fraction of sp³-hybridized carbons (Fsp3) is 0.188. The molecule has 0 saturated carbocycles. The first kappa shape index (κ1) is 14.6. The molecule has 6 heteroatoms. The van der Waals surface area contributed by atoms with Gasteiger partial charge in [-0.3, -0.25) is 9.10 Å². The molecule has 0 bridgehead atoms. The Labute approximate surface area is 129 Å². The van der Waals surface area contributed by atoms with E-state index in [0.717, 1.165) is 0 Å². The maximum Gasteiger partial charge on any atom is 0.264 e. The number of hydrogen-bond donors (Lipinski definition) is 0. The summed E-state index contributed by atoms with van der Waals surface area (Å²) in [5.41, 5.74) is 1.13. The van der Waals surface area contributed by atoms with Gasteiger partial charge in [-0.25, -0.2) is 8.42 Å². The van der Waals surface area contributed by atoms with E-state index < -0.39 is 10.0 Å². The molecule has 1 aliphatic heterocycles. The van der Waals surface area contributed by atoms with Gasteiger partial charge in [-0.05, 0) is 24.3 Å². The van der Waals surface area contributed by atoms with E-state index in [0.29, 0.717) is 11.4 Å². The first-order valence-corrected chi connectivity index (χ1v) is 8.39. The van der Waals surface area contributed by atoms with E-state index in [-0.39, 0.29) is 23.8 Å². The molecule has 22 heavy (non-hydrogen) atoms. The second kappa shape index (κ2) is 5.46. The molecule has 0 spiro atoms. The first-order valence-electron chi connectivity index (χ1n) is 6.95. The van der Waals surface area contributed by atoms with E-state index in [1.54, 1.807) is 61.6 Å². The molecule has 3 rings (SSSR count). The number of sulfonamides is 1. The Morgan fingerprint density at radius 2 is 1.50 bits per heavy atom. The molecule has 0 aromatic heterocycles. The summed E-state index contributed by atoms with van der Waals surface area (Å²) in [4.78, 5) is 13.8. The zero-order valence-electron chi connectivity index (χ0n) is 12.1. The van der Waals surface area contributed by atoms with Crippen LogP contribution in [0.3, 0.4) is 0 Å². The number of carbonyl (C=O) groups excluding carboxylic acids is 1. The van der Waals surface area contributed by atoms with Crippen LogP contribution in [0.15, 0.2) is 59.5 Å². The minimum Gasteiger partial charge on any atom is -0.313 e. The molecule has 1 amide bonds. The molecule has 0 N–H and O–H groups in total. The lowest BCUT2D eigenvalue weighted by molar-refractivity contribution is -0.118. The normalized spacial score (nSPS) is 15.4. The van der Waals surface area contributed by atoms with E-state index in [9.17, 15) is 13.2 Å². The van der Waals surface area contributed by atoms with Crippen molar-refractivity contribution in [2.75, 3.05) is 22.8 Å². The molecule has 0 unspecified atom stereocenters. The average Bonchev–Trinajstić information content (AvgIpc) is 2.67. The zero-order valence-corrected chi connectivity index (χ0v) is 13.0. The van der Waals surface area contributed by atoms with Crippen molar-refractivity contribution in [1.29, 1.82) is 0 Å². The lowest BCUT2D eigenvalue weighted by atomic mass is 10.2. The molecule has 1 heterocycles. The topological polar surface area (TPSA) is 57.7 Å². The fourth-order valence-electron chi connectivity index (χ4n) is 2.55. The standard InChI is InChI=1S/C16H16N2O3S/c1-17-14-9-5-6-10-15(14)18(12-11-16(17)19)22(20,21)13-7-3-2-4-8-13/h2-10H,11-12H2,1H3. The Morgan fingerprint density at radius 3 is 2.18 bits per heavy atom. The Balaban J connectivity index is 2.15. The summed E-state index contributed by atoms with van der Waals surface area (Å²) < 4.78 is 27.1. The Bertz CT molecular complexity index is 803. The highest BCUT2D eigenvalue weighted by Gasteiger charge is 2.31. The van der Waals surface area contributed by atoms with Crippen molar-refractivity contribution < 1.29 is 13.2 Å². The summed E-state index contributed by atoms with van der Waals surface area (Å²) in [6.07, 6.45) is 0.150. The van der Waals surface area contributed by atoms with Gasteiger partial charge in [0.05, 0.1) is 16.3 Å². The van der Waals surface area contributed by atoms with Gasteiger partial charge in [-0.15, -0.1) is 0 Å². The highest BCUT2D eigenvalue weighted by molar-refractivity contribution is 7.92. The molecular formula is C16H16N2O3S. The zero-order chi connectivity index (χ0) is 15.7. The van der Waals surface area contributed by atoms with Gasteiger partial charge in [0.25, 0.3) is 10.0 Å². The molecule has 1 aliphatic rings. The van der Waals surface area contributed by atoms with Gasteiger partial charge in [0.15, 0.2) is 0 Å². The van der Waals surface area contributed by atoms with Crippen molar-refractivity contribution in [2.24, 2.45) is 0 Å². The van der Waals surface area contributed by atoms with Crippen molar-refractivity contribution in [1.82, 2.24) is 0 Å². The van der Waals surface area contributed by atoms with Crippen LogP contribution in [0.4, 0.5) is 11.4 Å². The molecule has 5 nitrogen and oxygen atoms in total. The number of benzene rings is 2. The molecular weight excluding hydrogens is 300 g/mol. The van der Waals surface area contributed by atoms with Gasteiger partial charge in [0, 0.05) is 20.0 Å². The molecule has 114 valence electrons. The second-order valence-electron chi connectivity index (χ2n) is 5.08. The highest BCUT2D eigenvalue weighted by atomic mass is 32.2. The maximum absolute atomic E-state index is 12.9. The molecule has 0 saturated heterocycles. The third-order valence-electron chi connectivity index (χ3n) is 3.75. The largest absolute Gasteiger partial charge is 0.313 e. The molecule has 0 atom stereocenters. The average molecular weight is 316 g/mol. The van der Waals surface area contributed by atoms with Crippen molar-refractivity contribution >= 4 is 27.3 Å². The van der Waals surface area contributed by atoms with E-state index in [1.165, 1.54) is 9.21 Å². The summed E-state index contributed by atoms with van der Waals surface area (Å²) in [7, 11) is -2.02. The summed E-state index contributed by atoms with van der Waals surface area (Å²) in [6, 6.07) is 15.3. The molecule has 2 aromatic carbocycles. The predicted octanol–water partition coefficient (Wildman–Crippen LogP) is 2.25. The van der Waals surface area contributed by atoms with Crippen LogP contribution in [-0.2, 0) is 14.8 Å². The van der Waals surface area contributed by atoms with Gasteiger partial charge >= 0.3 is 0 Å². The molecule has 0 aliphatic carbocycles. The van der Waals surface area contributed by atoms with Crippen LogP contribution in [0, 0.1) is 0 Å². The minimum absolute atomic E-state index is 0.0989. The number of amides is 1. The van der Waals surface area contributed by atoms with Crippen LogP contribution in [0.5, 0.6) is 0 Å². The van der Waals surface area contributed by atoms with E-state index in [2.05, 4.69) is 0 Å². The quantitative estimate of drug-likeness (QED) is 0.854. The molecule has 0 radical (unpaired) electrons. The van der Waals surface area contributed by atoms with Crippen molar-refractivity contribution in [2.45, 2.75) is 11.3 Å². The Morgan fingerprint density at radius 1 is 0.909 bits per heavy atom. The van der Waals surface area contributed by atoms with Crippen LogP contribution >= 0.6 is 0 Å². The van der Waals surface area contributed by atoms with Crippen molar-refractivity contribution in [3.63, 3.8) is 0 Å². The number of hydrogen-bond acceptors (Lipinski definition) is 3. The second-order valence-corrected chi connectivity index (χ2v) is 6.94. The van der Waals surface area contributed by atoms with Crippen molar-refractivity contribution in [3.8, 4) is 0 Å². The predicted molar refractivity (Wildman–Crippen MR) is 85.4 cm³/mol. The summed E-state index contributed by atoms with van der Waals surface area (Å²) >= 11 is 0. The highest BCUT2D eigenvalue weighted by Crippen LogP contribution is 2.35. The van der Waals surface area contributed by atoms with Crippen molar-refractivity contribution in [3.05, 3.63) is 54.6 Å². The number of rotatable bonds is 2. The SMILES string of the molecule is CN1C(=O)CCN(S(=O)(=O)c2ccccc2)c2ccccc21. The third-order valence-corrected chi connectivity index (χ3v) is 5.57. The Kier molecular flexibility index (Phi) is 3.62. The summed E-state index contributed by atoms with van der Waals surface area (Å²) in [6.45, 7) is 0.136. The Hall–Kier alpha value is -2.34. The fourth-order valence-corrected chi connectivity index (χ4v) is 4.05. The monoisotopic (exact) mass is 316 g/mol. The first-order chi connectivity index (χ1) is 10.5. The lowest BCUT2D eigenvalue weighted by Crippen LogP contribution is -2.32. The molecule has 2 aromatic rings. The van der Waals surface area contributed by atoms with Gasteiger partial charge < -0.3 is 4.90 Å². The van der Waals surface area contributed by atoms with Gasteiger partial charge in [0.2, 0.25) is 5.91 Å². The van der Waals surface area contributed by atoms with Crippen LogP contribution in [0.25, 0.3) is 0 Å². The van der Waals surface area contributed by atoms with Crippen LogP contribution in [0.2, 0.25) is 0 Å². The number of anilines is 2. The van der Waals surface area contributed by atoms with Gasteiger partial charge in [0.1, 0.15) is 0 Å². The summed E-state index contributed by atoms with van der Waals surface area (Å²) in [5.74, 6) is -0.0989. The van der Waals surface area contributed by atoms with Gasteiger partial charge in [-0.2, -0.15) is 0 Å². The third kappa shape index (κ3) is 2.35. The van der Waals surface area contributed by atoms with Gasteiger partial charge in [-0.1, -0.05) is 30.3 Å². The van der Waals surface area contributed by atoms with E-state index in [4.69, 9.17) is 0 Å². The minimum atomic E-state index is -3.69. The van der Waals surface area contributed by atoms with Crippen LogP contribution in [0.1, 0.15) is 6.42 Å².